The molecule has 0 aliphatic rings. The molecule has 5 heteroatoms. The van der Waals surface area contributed by atoms with Crippen LogP contribution < -0.4 is 5.73 Å². The van der Waals surface area contributed by atoms with Gasteiger partial charge in [0.2, 0.25) is 0 Å². The van der Waals surface area contributed by atoms with Crippen LogP contribution in [0, 0.1) is 11.2 Å². The van der Waals surface area contributed by atoms with E-state index in [2.05, 4.69) is 0 Å². The van der Waals surface area contributed by atoms with Crippen molar-refractivity contribution in [2.75, 3.05) is 11.5 Å². The van der Waals surface area contributed by atoms with Crippen molar-refractivity contribution in [3.05, 3.63) is 24.0 Å². The van der Waals surface area contributed by atoms with E-state index >= 15 is 0 Å². The number of halogens is 1. The Morgan fingerprint density at radius 2 is 1.88 bits per heavy atom. The van der Waals surface area contributed by atoms with Gasteiger partial charge in [0.1, 0.15) is 5.82 Å². The van der Waals surface area contributed by atoms with Crippen molar-refractivity contribution in [2.45, 2.75) is 32.1 Å². The summed E-state index contributed by atoms with van der Waals surface area (Å²) >= 11 is 0. The summed E-state index contributed by atoms with van der Waals surface area (Å²) in [5, 5.41) is 0. The number of anilines is 1. The number of sulfone groups is 1. The van der Waals surface area contributed by atoms with Crippen molar-refractivity contribution < 1.29 is 12.8 Å². The van der Waals surface area contributed by atoms with Gasteiger partial charge in [-0.25, -0.2) is 12.8 Å². The standard InChI is InChI=1S/C12H18FNO2S/c1-12(2,3)6-7-17(15,16)11-8-9(13)4-5-10(11)14/h4-5,8H,6-7,14H2,1-3H3. The van der Waals surface area contributed by atoms with Crippen molar-refractivity contribution >= 4 is 15.5 Å². The molecule has 0 spiro atoms. The molecule has 17 heavy (non-hydrogen) atoms. The van der Waals surface area contributed by atoms with E-state index in [0.717, 1.165) is 12.1 Å². The zero-order chi connectivity index (χ0) is 13.3. The zero-order valence-electron chi connectivity index (χ0n) is 10.3. The van der Waals surface area contributed by atoms with Crippen LogP contribution in [0.2, 0.25) is 0 Å². The molecule has 0 unspecified atom stereocenters. The molecule has 0 heterocycles. The summed E-state index contributed by atoms with van der Waals surface area (Å²) < 4.78 is 37.0. The van der Waals surface area contributed by atoms with E-state index in [4.69, 9.17) is 5.73 Å². The normalized spacial score (nSPS) is 12.7. The first-order valence-corrected chi connectivity index (χ1v) is 7.05. The molecule has 0 bridgehead atoms. The SMILES string of the molecule is CC(C)(C)CCS(=O)(=O)c1cc(F)ccc1N. The summed E-state index contributed by atoms with van der Waals surface area (Å²) in [6.45, 7) is 5.87. The van der Waals surface area contributed by atoms with Gasteiger partial charge in [0.15, 0.2) is 9.84 Å². The Balaban J connectivity index is 3.02. The van der Waals surface area contributed by atoms with E-state index in [-0.39, 0.29) is 21.8 Å². The maximum absolute atomic E-state index is 13.0. The predicted molar refractivity (Wildman–Crippen MR) is 66.9 cm³/mol. The molecular weight excluding hydrogens is 241 g/mol. The summed E-state index contributed by atoms with van der Waals surface area (Å²) in [6.07, 6.45) is 0.505. The van der Waals surface area contributed by atoms with Crippen molar-refractivity contribution in [1.82, 2.24) is 0 Å². The number of benzene rings is 1. The van der Waals surface area contributed by atoms with Gasteiger partial charge in [0.05, 0.1) is 16.3 Å². The van der Waals surface area contributed by atoms with Crippen LogP contribution in [0.1, 0.15) is 27.2 Å². The van der Waals surface area contributed by atoms with Gasteiger partial charge in [-0.15, -0.1) is 0 Å². The molecule has 0 atom stereocenters. The molecule has 0 fully saturated rings. The van der Waals surface area contributed by atoms with Gasteiger partial charge in [-0.1, -0.05) is 20.8 Å². The molecule has 96 valence electrons. The predicted octanol–water partition coefficient (Wildman–Crippen LogP) is 2.62. The summed E-state index contributed by atoms with van der Waals surface area (Å²) in [5.74, 6) is -0.613. The fraction of sp³-hybridized carbons (Fsp3) is 0.500. The fourth-order valence-electron chi connectivity index (χ4n) is 1.33. The largest absolute Gasteiger partial charge is 0.398 e. The second-order valence-electron chi connectivity index (χ2n) is 5.31. The Morgan fingerprint density at radius 1 is 1.29 bits per heavy atom. The molecule has 0 radical (unpaired) electrons. The Labute approximate surface area is 102 Å². The van der Waals surface area contributed by atoms with Crippen LogP contribution in [0.25, 0.3) is 0 Å². The van der Waals surface area contributed by atoms with Crippen LogP contribution in [0.15, 0.2) is 23.1 Å². The maximum Gasteiger partial charge on any atom is 0.180 e. The van der Waals surface area contributed by atoms with Crippen LogP contribution in [0.4, 0.5) is 10.1 Å². The van der Waals surface area contributed by atoms with Crippen molar-refractivity contribution in [1.29, 1.82) is 0 Å². The van der Waals surface area contributed by atoms with Gasteiger partial charge in [0.25, 0.3) is 0 Å². The van der Waals surface area contributed by atoms with Gasteiger partial charge >= 0.3 is 0 Å². The lowest BCUT2D eigenvalue weighted by Crippen LogP contribution is -2.16. The summed E-state index contributed by atoms with van der Waals surface area (Å²) in [5.41, 5.74) is 5.58. The molecule has 2 N–H and O–H groups in total. The summed E-state index contributed by atoms with van der Waals surface area (Å²) in [4.78, 5) is -0.109. The van der Waals surface area contributed by atoms with Crippen molar-refractivity contribution in [3.8, 4) is 0 Å². The topological polar surface area (TPSA) is 60.2 Å². The fourth-order valence-corrected chi connectivity index (χ4v) is 3.15. The monoisotopic (exact) mass is 259 g/mol. The molecule has 3 nitrogen and oxygen atoms in total. The number of nitrogen functional groups attached to an aromatic ring is 1. The average molecular weight is 259 g/mol. The number of hydrogen-bond donors (Lipinski definition) is 1. The molecule has 0 saturated carbocycles. The van der Waals surface area contributed by atoms with Gasteiger partial charge in [-0.2, -0.15) is 0 Å². The Kier molecular flexibility index (Phi) is 3.81. The van der Waals surface area contributed by atoms with Crippen molar-refractivity contribution in [2.24, 2.45) is 5.41 Å². The highest BCUT2D eigenvalue weighted by Gasteiger charge is 2.21. The highest BCUT2D eigenvalue weighted by molar-refractivity contribution is 7.91. The maximum atomic E-state index is 13.0. The summed E-state index contributed by atoms with van der Waals surface area (Å²) in [7, 11) is -3.51. The quantitative estimate of drug-likeness (QED) is 0.849. The van der Waals surface area contributed by atoms with E-state index < -0.39 is 15.7 Å². The van der Waals surface area contributed by atoms with Crippen LogP contribution in [-0.4, -0.2) is 14.2 Å². The number of nitrogens with two attached hydrogens (primary N) is 1. The van der Waals surface area contributed by atoms with Crippen LogP contribution >= 0.6 is 0 Å². The highest BCUT2D eigenvalue weighted by atomic mass is 32.2. The van der Waals surface area contributed by atoms with Gasteiger partial charge in [-0.3, -0.25) is 0 Å². The first kappa shape index (κ1) is 14.0. The van der Waals surface area contributed by atoms with Gasteiger partial charge in [-0.05, 0) is 30.0 Å². The molecule has 0 amide bonds. The van der Waals surface area contributed by atoms with Crippen LogP contribution in [0.5, 0.6) is 0 Å². The number of hydrogen-bond acceptors (Lipinski definition) is 3. The van der Waals surface area contributed by atoms with E-state index in [0.29, 0.717) is 6.42 Å². The van der Waals surface area contributed by atoms with E-state index in [1.54, 1.807) is 0 Å². The average Bonchev–Trinajstić information content (AvgIpc) is 2.18. The lowest BCUT2D eigenvalue weighted by atomic mass is 9.94. The number of rotatable bonds is 3. The Morgan fingerprint density at radius 3 is 2.41 bits per heavy atom. The minimum atomic E-state index is -3.51. The summed E-state index contributed by atoms with van der Waals surface area (Å²) in [6, 6.07) is 3.41. The minimum absolute atomic E-state index is 0.0237. The van der Waals surface area contributed by atoms with Gasteiger partial charge in [0, 0.05) is 0 Å². The van der Waals surface area contributed by atoms with Crippen LogP contribution in [0.3, 0.4) is 0 Å². The molecule has 0 aliphatic carbocycles. The first-order chi connectivity index (χ1) is 7.62. The van der Waals surface area contributed by atoms with E-state index in [1.807, 2.05) is 20.8 Å². The Hall–Kier alpha value is -1.10. The lowest BCUT2D eigenvalue weighted by molar-refractivity contribution is 0.397. The molecular formula is C12H18FNO2S. The second kappa shape index (κ2) is 4.64. The molecule has 0 aliphatic heterocycles. The van der Waals surface area contributed by atoms with Crippen LogP contribution in [-0.2, 0) is 9.84 Å². The molecule has 0 aromatic heterocycles. The first-order valence-electron chi connectivity index (χ1n) is 5.40. The molecule has 1 aromatic rings. The van der Waals surface area contributed by atoms with Crippen molar-refractivity contribution in [3.63, 3.8) is 0 Å². The smallest absolute Gasteiger partial charge is 0.180 e. The highest BCUT2D eigenvalue weighted by Crippen LogP contribution is 2.25. The minimum Gasteiger partial charge on any atom is -0.398 e. The lowest BCUT2D eigenvalue weighted by Gasteiger charge is -2.18. The zero-order valence-corrected chi connectivity index (χ0v) is 11.1. The third-order valence-electron chi connectivity index (χ3n) is 2.43. The third-order valence-corrected chi connectivity index (χ3v) is 4.20. The second-order valence-corrected chi connectivity index (χ2v) is 7.39. The van der Waals surface area contributed by atoms with E-state index in [9.17, 15) is 12.8 Å². The Bertz CT molecular complexity index is 504. The van der Waals surface area contributed by atoms with E-state index in [1.165, 1.54) is 6.07 Å². The third kappa shape index (κ3) is 4.00. The molecule has 1 aromatic carbocycles. The molecule has 0 saturated heterocycles. The van der Waals surface area contributed by atoms with Gasteiger partial charge < -0.3 is 5.73 Å². The molecule has 1 rings (SSSR count).